The fourth-order valence-electron chi connectivity index (χ4n) is 2.81. The van der Waals surface area contributed by atoms with Crippen LogP contribution in [0.4, 0.5) is 5.82 Å². The van der Waals surface area contributed by atoms with E-state index in [1.54, 1.807) is 12.3 Å². The van der Waals surface area contributed by atoms with E-state index in [0.717, 1.165) is 5.56 Å². The van der Waals surface area contributed by atoms with E-state index in [2.05, 4.69) is 10.3 Å². The number of anilines is 1. The van der Waals surface area contributed by atoms with E-state index in [0.29, 0.717) is 36.9 Å². The van der Waals surface area contributed by atoms with Crippen LogP contribution in [0.3, 0.4) is 0 Å². The SMILES string of the molecule is O=C(Nc1ccccn1)C1(c2ccc(Cl)cc2)CCOCC1. The topological polar surface area (TPSA) is 51.2 Å². The Labute approximate surface area is 134 Å². The Morgan fingerprint density at radius 1 is 1.14 bits per heavy atom. The van der Waals surface area contributed by atoms with E-state index in [-0.39, 0.29) is 5.91 Å². The third-order valence-electron chi connectivity index (χ3n) is 4.08. The van der Waals surface area contributed by atoms with Crippen molar-refractivity contribution >= 4 is 23.3 Å². The molecule has 1 amide bonds. The summed E-state index contributed by atoms with van der Waals surface area (Å²) in [5.41, 5.74) is 0.369. The van der Waals surface area contributed by atoms with Crippen LogP contribution in [0, 0.1) is 0 Å². The number of amides is 1. The van der Waals surface area contributed by atoms with Crippen molar-refractivity contribution in [2.75, 3.05) is 18.5 Å². The quantitative estimate of drug-likeness (QED) is 0.944. The first-order valence-corrected chi connectivity index (χ1v) is 7.65. The number of halogens is 1. The zero-order valence-corrected chi connectivity index (χ0v) is 12.8. The van der Waals surface area contributed by atoms with Crippen molar-refractivity contribution < 1.29 is 9.53 Å². The summed E-state index contributed by atoms with van der Waals surface area (Å²) in [6.45, 7) is 1.14. The second-order valence-electron chi connectivity index (χ2n) is 5.37. The Bertz CT molecular complexity index is 637. The molecular weight excluding hydrogens is 300 g/mol. The van der Waals surface area contributed by atoms with Gasteiger partial charge in [0.15, 0.2) is 0 Å². The van der Waals surface area contributed by atoms with Crippen LogP contribution in [0.15, 0.2) is 48.7 Å². The lowest BCUT2D eigenvalue weighted by Gasteiger charge is -2.36. The zero-order chi connectivity index (χ0) is 15.4. The summed E-state index contributed by atoms with van der Waals surface area (Å²) >= 11 is 5.97. The molecule has 0 spiro atoms. The number of rotatable bonds is 3. The number of hydrogen-bond donors (Lipinski definition) is 1. The van der Waals surface area contributed by atoms with Gasteiger partial charge in [0.05, 0.1) is 5.41 Å². The van der Waals surface area contributed by atoms with Gasteiger partial charge in [0.1, 0.15) is 5.82 Å². The third-order valence-corrected chi connectivity index (χ3v) is 4.34. The summed E-state index contributed by atoms with van der Waals surface area (Å²) in [4.78, 5) is 17.1. The van der Waals surface area contributed by atoms with E-state index in [1.807, 2.05) is 36.4 Å². The molecule has 1 aromatic carbocycles. The van der Waals surface area contributed by atoms with Gasteiger partial charge in [0.25, 0.3) is 0 Å². The Kier molecular flexibility index (Phi) is 4.41. The average Bonchev–Trinajstić information content (AvgIpc) is 2.57. The van der Waals surface area contributed by atoms with Gasteiger partial charge in [-0.05, 0) is 42.7 Å². The van der Waals surface area contributed by atoms with Crippen molar-refractivity contribution in [3.8, 4) is 0 Å². The van der Waals surface area contributed by atoms with Crippen LogP contribution >= 0.6 is 11.6 Å². The molecule has 2 aromatic rings. The molecule has 1 N–H and O–H groups in total. The number of hydrogen-bond acceptors (Lipinski definition) is 3. The molecule has 2 heterocycles. The largest absolute Gasteiger partial charge is 0.381 e. The number of nitrogens with one attached hydrogen (secondary N) is 1. The molecule has 0 saturated carbocycles. The van der Waals surface area contributed by atoms with E-state index in [9.17, 15) is 4.79 Å². The second kappa shape index (κ2) is 6.46. The highest BCUT2D eigenvalue weighted by atomic mass is 35.5. The Balaban J connectivity index is 1.91. The molecule has 1 aromatic heterocycles. The minimum absolute atomic E-state index is 0.0446. The molecule has 114 valence electrons. The molecule has 3 rings (SSSR count). The van der Waals surface area contributed by atoms with Crippen LogP contribution in [-0.4, -0.2) is 24.1 Å². The molecule has 0 aliphatic carbocycles. The molecule has 0 atom stereocenters. The van der Waals surface area contributed by atoms with E-state index in [1.165, 1.54) is 0 Å². The number of pyridine rings is 1. The van der Waals surface area contributed by atoms with Crippen LogP contribution in [0.2, 0.25) is 5.02 Å². The van der Waals surface area contributed by atoms with Crippen molar-refractivity contribution in [1.82, 2.24) is 4.98 Å². The number of carbonyl (C=O) groups is 1. The minimum atomic E-state index is -0.597. The lowest BCUT2D eigenvalue weighted by molar-refractivity contribution is -0.125. The lowest BCUT2D eigenvalue weighted by Crippen LogP contribution is -2.45. The summed E-state index contributed by atoms with van der Waals surface area (Å²) in [7, 11) is 0. The highest BCUT2D eigenvalue weighted by Crippen LogP contribution is 2.36. The smallest absolute Gasteiger partial charge is 0.236 e. The van der Waals surface area contributed by atoms with Crippen molar-refractivity contribution in [3.63, 3.8) is 0 Å². The molecule has 5 heteroatoms. The molecule has 0 unspecified atom stereocenters. The van der Waals surface area contributed by atoms with Crippen LogP contribution in [-0.2, 0) is 14.9 Å². The molecule has 1 aliphatic rings. The number of benzene rings is 1. The lowest BCUT2D eigenvalue weighted by atomic mass is 9.73. The summed E-state index contributed by atoms with van der Waals surface area (Å²) in [5, 5.41) is 3.59. The molecule has 4 nitrogen and oxygen atoms in total. The average molecular weight is 317 g/mol. The van der Waals surface area contributed by atoms with Gasteiger partial charge in [-0.1, -0.05) is 29.8 Å². The van der Waals surface area contributed by atoms with Crippen LogP contribution in [0.25, 0.3) is 0 Å². The number of carbonyl (C=O) groups excluding carboxylic acids is 1. The number of nitrogens with zero attached hydrogens (tertiary/aromatic N) is 1. The first kappa shape index (κ1) is 15.0. The maximum Gasteiger partial charge on any atom is 0.236 e. The molecule has 0 bridgehead atoms. The van der Waals surface area contributed by atoms with Gasteiger partial charge >= 0.3 is 0 Å². The summed E-state index contributed by atoms with van der Waals surface area (Å²) in [6.07, 6.45) is 2.95. The second-order valence-corrected chi connectivity index (χ2v) is 5.81. The molecule has 0 radical (unpaired) electrons. The summed E-state index contributed by atoms with van der Waals surface area (Å²) in [6, 6.07) is 12.9. The van der Waals surface area contributed by atoms with Crippen molar-refractivity contribution in [2.45, 2.75) is 18.3 Å². The molecule has 1 aliphatic heterocycles. The van der Waals surface area contributed by atoms with Crippen molar-refractivity contribution in [2.24, 2.45) is 0 Å². The van der Waals surface area contributed by atoms with Crippen LogP contribution in [0.1, 0.15) is 18.4 Å². The predicted molar refractivity (Wildman–Crippen MR) is 86.0 cm³/mol. The van der Waals surface area contributed by atoms with Gasteiger partial charge in [-0.15, -0.1) is 0 Å². The highest BCUT2D eigenvalue weighted by Gasteiger charge is 2.41. The van der Waals surface area contributed by atoms with Crippen molar-refractivity contribution in [3.05, 3.63) is 59.2 Å². The highest BCUT2D eigenvalue weighted by molar-refractivity contribution is 6.30. The van der Waals surface area contributed by atoms with Gasteiger partial charge < -0.3 is 10.1 Å². The fraction of sp³-hybridized carbons (Fsp3) is 0.294. The Hall–Kier alpha value is -1.91. The zero-order valence-electron chi connectivity index (χ0n) is 12.1. The number of ether oxygens (including phenoxy) is 1. The summed E-state index contributed by atoms with van der Waals surface area (Å²) < 4.78 is 5.45. The maximum absolute atomic E-state index is 12.9. The van der Waals surface area contributed by atoms with Crippen molar-refractivity contribution in [1.29, 1.82) is 0 Å². The van der Waals surface area contributed by atoms with Crippen LogP contribution in [0.5, 0.6) is 0 Å². The maximum atomic E-state index is 12.9. The molecule has 1 saturated heterocycles. The predicted octanol–water partition coefficient (Wildman–Crippen LogP) is 3.42. The summed E-state index contributed by atoms with van der Waals surface area (Å²) in [5.74, 6) is 0.518. The first-order chi connectivity index (χ1) is 10.7. The van der Waals surface area contributed by atoms with Gasteiger partial charge in [-0.3, -0.25) is 4.79 Å². The van der Waals surface area contributed by atoms with E-state index < -0.39 is 5.41 Å². The van der Waals surface area contributed by atoms with Gasteiger partial charge in [-0.25, -0.2) is 4.98 Å². The Morgan fingerprint density at radius 2 is 1.86 bits per heavy atom. The van der Waals surface area contributed by atoms with E-state index >= 15 is 0 Å². The van der Waals surface area contributed by atoms with Gasteiger partial charge in [0.2, 0.25) is 5.91 Å². The first-order valence-electron chi connectivity index (χ1n) is 7.27. The number of aromatic nitrogens is 1. The fourth-order valence-corrected chi connectivity index (χ4v) is 2.93. The van der Waals surface area contributed by atoms with Gasteiger partial charge in [0, 0.05) is 24.4 Å². The Morgan fingerprint density at radius 3 is 2.50 bits per heavy atom. The minimum Gasteiger partial charge on any atom is -0.381 e. The monoisotopic (exact) mass is 316 g/mol. The standard InChI is InChI=1S/C17H17ClN2O2/c18-14-6-4-13(5-7-14)17(8-11-22-12-9-17)16(21)20-15-3-1-2-10-19-15/h1-7,10H,8-9,11-12H2,(H,19,20,21). The normalized spacial score (nSPS) is 17.0. The van der Waals surface area contributed by atoms with Crippen LogP contribution < -0.4 is 5.32 Å². The molecule has 22 heavy (non-hydrogen) atoms. The molecular formula is C17H17ClN2O2. The molecule has 1 fully saturated rings. The third kappa shape index (κ3) is 2.98. The van der Waals surface area contributed by atoms with Gasteiger partial charge in [-0.2, -0.15) is 0 Å². The van der Waals surface area contributed by atoms with E-state index in [4.69, 9.17) is 16.3 Å².